The van der Waals surface area contributed by atoms with E-state index in [1.54, 1.807) is 18.9 Å². The molecule has 4 nitrogen and oxygen atoms in total. The molecule has 0 aromatic heterocycles. The first-order chi connectivity index (χ1) is 9.02. The van der Waals surface area contributed by atoms with Gasteiger partial charge in [-0.05, 0) is 43.2 Å². The Morgan fingerprint density at radius 1 is 1.53 bits per heavy atom. The fraction of sp³-hybridized carbons (Fsp3) is 0.500. The molecule has 2 unspecified atom stereocenters. The minimum atomic E-state index is -0.763. The molecule has 1 heterocycles. The lowest BCUT2D eigenvalue weighted by Gasteiger charge is -2.37. The maximum absolute atomic E-state index is 11.1. The Bertz CT molecular complexity index is 449. The van der Waals surface area contributed by atoms with Gasteiger partial charge in [-0.25, -0.2) is 0 Å². The molecule has 2 rings (SSSR count). The van der Waals surface area contributed by atoms with Crippen molar-refractivity contribution in [3.05, 3.63) is 29.8 Å². The Morgan fingerprint density at radius 3 is 2.79 bits per heavy atom. The van der Waals surface area contributed by atoms with E-state index in [1.807, 2.05) is 24.3 Å². The second-order valence-electron chi connectivity index (χ2n) is 4.93. The lowest BCUT2D eigenvalue weighted by Crippen LogP contribution is -2.54. The molecule has 5 heteroatoms. The minimum absolute atomic E-state index is 0.226. The predicted octanol–water partition coefficient (Wildman–Crippen LogP) is 2.13. The van der Waals surface area contributed by atoms with Crippen molar-refractivity contribution >= 4 is 17.7 Å². The number of benzene rings is 1. The van der Waals surface area contributed by atoms with E-state index >= 15 is 0 Å². The third-order valence-electron chi connectivity index (χ3n) is 3.31. The van der Waals surface area contributed by atoms with Gasteiger partial charge in [-0.2, -0.15) is 0 Å². The van der Waals surface area contributed by atoms with Gasteiger partial charge < -0.3 is 9.84 Å². The van der Waals surface area contributed by atoms with Gasteiger partial charge in [-0.3, -0.25) is 10.1 Å². The molecule has 0 radical (unpaired) electrons. The van der Waals surface area contributed by atoms with Gasteiger partial charge in [0.1, 0.15) is 11.8 Å². The van der Waals surface area contributed by atoms with Crippen molar-refractivity contribution in [1.82, 2.24) is 5.32 Å². The highest BCUT2D eigenvalue weighted by molar-refractivity contribution is 8.00. The van der Waals surface area contributed by atoms with Crippen LogP contribution in [0.2, 0.25) is 0 Å². The smallest absolute Gasteiger partial charge is 0.320 e. The molecule has 104 valence electrons. The van der Waals surface area contributed by atoms with E-state index in [4.69, 9.17) is 9.84 Å². The number of rotatable bonds is 4. The largest absolute Gasteiger partial charge is 0.497 e. The second kappa shape index (κ2) is 5.84. The van der Waals surface area contributed by atoms with E-state index in [-0.39, 0.29) is 4.87 Å². The first kappa shape index (κ1) is 14.2. The van der Waals surface area contributed by atoms with Crippen LogP contribution in [0, 0.1) is 0 Å². The molecule has 1 aliphatic rings. The van der Waals surface area contributed by atoms with Crippen LogP contribution in [-0.4, -0.2) is 34.9 Å². The Kier molecular flexibility index (Phi) is 4.37. The van der Waals surface area contributed by atoms with Gasteiger partial charge >= 0.3 is 5.97 Å². The molecule has 2 N–H and O–H groups in total. The van der Waals surface area contributed by atoms with Crippen LogP contribution in [0.25, 0.3) is 0 Å². The van der Waals surface area contributed by atoms with Crippen LogP contribution in [0.1, 0.15) is 18.9 Å². The highest BCUT2D eigenvalue weighted by Gasteiger charge is 2.35. The highest BCUT2D eigenvalue weighted by Crippen LogP contribution is 2.32. The van der Waals surface area contributed by atoms with Gasteiger partial charge in [0.2, 0.25) is 0 Å². The number of thioether (sulfide) groups is 1. The van der Waals surface area contributed by atoms with Crippen LogP contribution in [-0.2, 0) is 11.2 Å². The van der Waals surface area contributed by atoms with Crippen LogP contribution in [0.4, 0.5) is 0 Å². The number of carbonyl (C=O) groups is 1. The van der Waals surface area contributed by atoms with E-state index in [0.717, 1.165) is 17.9 Å². The highest BCUT2D eigenvalue weighted by atomic mass is 32.2. The summed E-state index contributed by atoms with van der Waals surface area (Å²) in [6, 6.07) is 7.47. The normalized spacial score (nSPS) is 26.9. The van der Waals surface area contributed by atoms with Gasteiger partial charge in [-0.1, -0.05) is 12.1 Å². The van der Waals surface area contributed by atoms with E-state index in [9.17, 15) is 4.79 Å². The van der Waals surface area contributed by atoms with Crippen LogP contribution >= 0.6 is 11.8 Å². The van der Waals surface area contributed by atoms with Gasteiger partial charge in [0.05, 0.1) is 12.0 Å². The molecule has 2 atom stereocenters. The summed E-state index contributed by atoms with van der Waals surface area (Å²) in [6.45, 7) is 2.07. The lowest BCUT2D eigenvalue weighted by atomic mass is 10.0. The molecule has 1 aliphatic heterocycles. The van der Waals surface area contributed by atoms with E-state index in [0.29, 0.717) is 6.42 Å². The van der Waals surface area contributed by atoms with Crippen molar-refractivity contribution in [3.63, 3.8) is 0 Å². The number of hydrogen-bond acceptors (Lipinski definition) is 4. The number of hydrogen-bond donors (Lipinski definition) is 2. The third kappa shape index (κ3) is 3.64. The van der Waals surface area contributed by atoms with Gasteiger partial charge in [0.15, 0.2) is 0 Å². The maximum atomic E-state index is 11.1. The van der Waals surface area contributed by atoms with Crippen molar-refractivity contribution in [2.75, 3.05) is 12.9 Å². The molecule has 1 aromatic rings. The molecule has 0 saturated carbocycles. The molecule has 0 amide bonds. The fourth-order valence-corrected chi connectivity index (χ4v) is 3.60. The van der Waals surface area contributed by atoms with Crippen molar-refractivity contribution in [1.29, 1.82) is 0 Å². The summed E-state index contributed by atoms with van der Waals surface area (Å²) >= 11 is 1.79. The van der Waals surface area contributed by atoms with Crippen LogP contribution in [0.3, 0.4) is 0 Å². The number of ether oxygens (including phenoxy) is 1. The maximum Gasteiger partial charge on any atom is 0.320 e. The van der Waals surface area contributed by atoms with Crippen LogP contribution in [0.15, 0.2) is 24.3 Å². The number of methoxy groups -OCH3 is 1. The van der Waals surface area contributed by atoms with E-state index in [1.165, 1.54) is 5.56 Å². The quantitative estimate of drug-likeness (QED) is 0.885. The van der Waals surface area contributed by atoms with E-state index < -0.39 is 12.0 Å². The zero-order chi connectivity index (χ0) is 13.9. The monoisotopic (exact) mass is 281 g/mol. The summed E-state index contributed by atoms with van der Waals surface area (Å²) in [5.74, 6) is 0.944. The second-order valence-corrected chi connectivity index (χ2v) is 6.53. The number of aliphatic carboxylic acids is 1. The van der Waals surface area contributed by atoms with Crippen LogP contribution < -0.4 is 10.1 Å². The molecule has 0 aliphatic carbocycles. The molecular formula is C14H19NO3S. The molecule has 0 spiro atoms. The SMILES string of the molecule is COc1ccc(CC2(C)NC(C(=O)O)CCS2)cc1. The van der Waals surface area contributed by atoms with Crippen molar-refractivity contribution in [2.45, 2.75) is 30.7 Å². The number of carboxylic acids is 1. The summed E-state index contributed by atoms with van der Waals surface area (Å²) in [5.41, 5.74) is 1.18. The molecular weight excluding hydrogens is 262 g/mol. The molecule has 0 bridgehead atoms. The van der Waals surface area contributed by atoms with Crippen LogP contribution in [0.5, 0.6) is 5.75 Å². The summed E-state index contributed by atoms with van der Waals surface area (Å²) < 4.78 is 5.13. The summed E-state index contributed by atoms with van der Waals surface area (Å²) in [5, 5.41) is 12.4. The first-order valence-corrected chi connectivity index (χ1v) is 7.28. The molecule has 1 fully saturated rings. The standard InChI is InChI=1S/C14H19NO3S/c1-14(15-12(13(16)17)7-8-19-14)9-10-3-5-11(18-2)6-4-10/h3-6,12,15H,7-9H2,1-2H3,(H,16,17). The molecule has 1 saturated heterocycles. The average Bonchev–Trinajstić information content (AvgIpc) is 2.39. The van der Waals surface area contributed by atoms with Gasteiger partial charge in [-0.15, -0.1) is 11.8 Å². The Hall–Kier alpha value is -1.20. The van der Waals surface area contributed by atoms with Crippen molar-refractivity contribution in [2.24, 2.45) is 0 Å². The first-order valence-electron chi connectivity index (χ1n) is 6.30. The summed E-state index contributed by atoms with van der Waals surface area (Å²) in [4.78, 5) is 10.9. The third-order valence-corrected chi connectivity index (χ3v) is 4.64. The van der Waals surface area contributed by atoms with Crippen molar-refractivity contribution < 1.29 is 14.6 Å². The minimum Gasteiger partial charge on any atom is -0.497 e. The lowest BCUT2D eigenvalue weighted by molar-refractivity contribution is -0.140. The fourth-order valence-electron chi connectivity index (χ4n) is 2.30. The van der Waals surface area contributed by atoms with Crippen molar-refractivity contribution in [3.8, 4) is 5.75 Å². The van der Waals surface area contributed by atoms with E-state index in [2.05, 4.69) is 12.2 Å². The topological polar surface area (TPSA) is 58.6 Å². The zero-order valence-corrected chi connectivity index (χ0v) is 12.0. The van der Waals surface area contributed by atoms with Gasteiger partial charge in [0, 0.05) is 0 Å². The number of nitrogens with one attached hydrogen (secondary N) is 1. The molecule has 1 aromatic carbocycles. The predicted molar refractivity (Wildman–Crippen MR) is 76.7 cm³/mol. The summed E-state index contributed by atoms with van der Waals surface area (Å²) in [7, 11) is 1.65. The Morgan fingerprint density at radius 2 is 2.21 bits per heavy atom. The number of carboxylic acid groups (broad SMARTS) is 1. The Balaban J connectivity index is 2.05. The average molecular weight is 281 g/mol. The Labute approximate surface area is 117 Å². The molecule has 19 heavy (non-hydrogen) atoms. The zero-order valence-electron chi connectivity index (χ0n) is 11.2. The summed E-state index contributed by atoms with van der Waals surface area (Å²) in [6.07, 6.45) is 1.48. The van der Waals surface area contributed by atoms with Gasteiger partial charge in [0.25, 0.3) is 0 Å².